The van der Waals surface area contributed by atoms with Crippen LogP contribution >= 0.6 is 11.3 Å². The molecule has 1 atom stereocenters. The second-order valence-electron chi connectivity index (χ2n) is 6.68. The Hall–Kier alpha value is -3.00. The molecule has 1 saturated heterocycles. The van der Waals surface area contributed by atoms with Crippen molar-refractivity contribution in [1.29, 1.82) is 0 Å². The number of nitrogens with one attached hydrogen (secondary N) is 1. The summed E-state index contributed by atoms with van der Waals surface area (Å²) in [6, 6.07) is 8.87. The molecule has 1 aliphatic heterocycles. The van der Waals surface area contributed by atoms with Crippen LogP contribution in [0.5, 0.6) is 0 Å². The molecular weight excluding hydrogens is 374 g/mol. The topological polar surface area (TPSA) is 80.1 Å². The molecule has 0 saturated carbocycles. The number of nitrogens with zero attached hydrogens (tertiary/aromatic N) is 4. The largest absolute Gasteiger partial charge is 0.350 e. The van der Waals surface area contributed by atoms with Crippen LogP contribution in [-0.4, -0.2) is 44.1 Å². The third-order valence-corrected chi connectivity index (χ3v) is 5.67. The fraction of sp³-hybridized carbons (Fsp3) is 0.300. The average Bonchev–Trinajstić information content (AvgIpc) is 3.46. The molecule has 0 aromatic carbocycles. The van der Waals surface area contributed by atoms with Crippen molar-refractivity contribution in [3.63, 3.8) is 0 Å². The van der Waals surface area contributed by atoms with Crippen LogP contribution in [0.15, 0.2) is 54.3 Å². The summed E-state index contributed by atoms with van der Waals surface area (Å²) >= 11 is 1.41. The summed E-state index contributed by atoms with van der Waals surface area (Å²) < 4.78 is 1.68. The van der Waals surface area contributed by atoms with Gasteiger partial charge < -0.3 is 10.2 Å². The molecule has 1 aliphatic rings. The summed E-state index contributed by atoms with van der Waals surface area (Å²) in [6.07, 6.45) is 7.83. The normalized spacial score (nSPS) is 16.7. The molecule has 4 rings (SSSR count). The van der Waals surface area contributed by atoms with Crippen LogP contribution < -0.4 is 5.32 Å². The highest BCUT2D eigenvalue weighted by molar-refractivity contribution is 7.12. The molecule has 8 heteroatoms. The first-order chi connectivity index (χ1) is 13.7. The Morgan fingerprint density at radius 1 is 1.21 bits per heavy atom. The van der Waals surface area contributed by atoms with Gasteiger partial charge in [-0.05, 0) is 48.4 Å². The lowest BCUT2D eigenvalue weighted by molar-refractivity contribution is -0.126. The van der Waals surface area contributed by atoms with Crippen LogP contribution in [0.4, 0.5) is 0 Å². The van der Waals surface area contributed by atoms with Crippen LogP contribution in [0.2, 0.25) is 0 Å². The number of pyridine rings is 1. The summed E-state index contributed by atoms with van der Waals surface area (Å²) in [5, 5.41) is 8.99. The first-order valence-electron chi connectivity index (χ1n) is 9.29. The maximum Gasteiger partial charge on any atom is 0.264 e. The third-order valence-electron chi connectivity index (χ3n) is 4.81. The number of carbonyl (C=O) groups is 2. The summed E-state index contributed by atoms with van der Waals surface area (Å²) in [7, 11) is 0. The van der Waals surface area contributed by atoms with E-state index in [1.165, 1.54) is 11.3 Å². The molecule has 1 fully saturated rings. The van der Waals surface area contributed by atoms with Crippen molar-refractivity contribution < 1.29 is 9.59 Å². The van der Waals surface area contributed by atoms with Gasteiger partial charge in [0.15, 0.2) is 5.82 Å². The SMILES string of the molecule is O=C(NCc1ccc(-n2cccn2)nc1)C1CCCCN1C(=O)c1cccs1. The Kier molecular flexibility index (Phi) is 5.48. The summed E-state index contributed by atoms with van der Waals surface area (Å²) in [5.74, 6) is 0.556. The Morgan fingerprint density at radius 3 is 2.86 bits per heavy atom. The maximum absolute atomic E-state index is 12.8. The Morgan fingerprint density at radius 2 is 2.14 bits per heavy atom. The number of aromatic nitrogens is 3. The lowest BCUT2D eigenvalue weighted by Crippen LogP contribution is -2.51. The van der Waals surface area contributed by atoms with Crippen LogP contribution in [0.25, 0.3) is 5.82 Å². The summed E-state index contributed by atoms with van der Waals surface area (Å²) in [4.78, 5) is 32.3. The van der Waals surface area contributed by atoms with E-state index < -0.39 is 6.04 Å². The molecule has 1 N–H and O–H groups in total. The van der Waals surface area contributed by atoms with E-state index in [-0.39, 0.29) is 11.8 Å². The van der Waals surface area contributed by atoms with Crippen molar-refractivity contribution in [3.8, 4) is 5.82 Å². The Labute approximate surface area is 167 Å². The van der Waals surface area contributed by atoms with E-state index in [9.17, 15) is 9.59 Å². The molecule has 28 heavy (non-hydrogen) atoms. The van der Waals surface area contributed by atoms with E-state index in [0.717, 1.165) is 24.2 Å². The van der Waals surface area contributed by atoms with Crippen LogP contribution in [0, 0.1) is 0 Å². The van der Waals surface area contributed by atoms with Gasteiger partial charge in [-0.1, -0.05) is 12.1 Å². The minimum Gasteiger partial charge on any atom is -0.350 e. The second-order valence-corrected chi connectivity index (χ2v) is 7.63. The molecule has 0 spiro atoms. The van der Waals surface area contributed by atoms with Crippen molar-refractivity contribution in [1.82, 2.24) is 25.0 Å². The van der Waals surface area contributed by atoms with Crippen molar-refractivity contribution in [2.75, 3.05) is 6.54 Å². The zero-order chi connectivity index (χ0) is 19.3. The van der Waals surface area contributed by atoms with E-state index in [1.54, 1.807) is 22.0 Å². The summed E-state index contributed by atoms with van der Waals surface area (Å²) in [6.45, 7) is 0.998. The van der Waals surface area contributed by atoms with Gasteiger partial charge in [0.1, 0.15) is 6.04 Å². The van der Waals surface area contributed by atoms with Crippen LogP contribution in [-0.2, 0) is 11.3 Å². The molecule has 2 amide bonds. The molecule has 1 unspecified atom stereocenters. The van der Waals surface area contributed by atoms with Gasteiger partial charge in [0, 0.05) is 31.7 Å². The maximum atomic E-state index is 12.8. The number of amides is 2. The van der Waals surface area contributed by atoms with Gasteiger partial charge in [-0.3, -0.25) is 9.59 Å². The lowest BCUT2D eigenvalue weighted by atomic mass is 10.0. The number of hydrogen-bond acceptors (Lipinski definition) is 5. The van der Waals surface area contributed by atoms with E-state index >= 15 is 0 Å². The summed E-state index contributed by atoms with van der Waals surface area (Å²) in [5.41, 5.74) is 0.899. The van der Waals surface area contributed by atoms with Crippen molar-refractivity contribution in [2.45, 2.75) is 31.8 Å². The van der Waals surface area contributed by atoms with Crippen molar-refractivity contribution in [3.05, 3.63) is 64.7 Å². The Bertz CT molecular complexity index is 922. The molecule has 0 radical (unpaired) electrons. The van der Waals surface area contributed by atoms with Gasteiger partial charge in [-0.15, -0.1) is 11.3 Å². The molecule has 3 aromatic heterocycles. The van der Waals surface area contributed by atoms with E-state index in [1.807, 2.05) is 41.9 Å². The molecule has 0 bridgehead atoms. The van der Waals surface area contributed by atoms with E-state index in [2.05, 4.69) is 15.4 Å². The van der Waals surface area contributed by atoms with Crippen LogP contribution in [0.1, 0.15) is 34.5 Å². The van der Waals surface area contributed by atoms with Gasteiger partial charge in [0.05, 0.1) is 4.88 Å². The van der Waals surface area contributed by atoms with Gasteiger partial charge in [0.2, 0.25) is 5.91 Å². The molecule has 144 valence electrons. The number of rotatable bonds is 5. The number of hydrogen-bond donors (Lipinski definition) is 1. The van der Waals surface area contributed by atoms with Gasteiger partial charge >= 0.3 is 0 Å². The standard InChI is InChI=1S/C20H21N5O2S/c26-19(16-5-1-2-10-24(16)20(27)17-6-3-12-28-17)22-14-15-7-8-18(21-13-15)25-11-4-9-23-25/h3-4,6-9,11-13,16H,1-2,5,10,14H2,(H,22,26). The quantitative estimate of drug-likeness (QED) is 0.720. The van der Waals surface area contributed by atoms with Crippen molar-refractivity contribution >= 4 is 23.2 Å². The molecule has 7 nitrogen and oxygen atoms in total. The molecular formula is C20H21N5O2S. The zero-order valence-electron chi connectivity index (χ0n) is 15.3. The fourth-order valence-electron chi connectivity index (χ4n) is 3.36. The van der Waals surface area contributed by atoms with E-state index in [0.29, 0.717) is 24.4 Å². The highest BCUT2D eigenvalue weighted by atomic mass is 32.1. The predicted molar refractivity (Wildman–Crippen MR) is 106 cm³/mol. The lowest BCUT2D eigenvalue weighted by Gasteiger charge is -2.34. The average molecular weight is 395 g/mol. The van der Waals surface area contributed by atoms with Crippen molar-refractivity contribution in [2.24, 2.45) is 0 Å². The number of piperidine rings is 1. The Balaban J connectivity index is 1.38. The first-order valence-corrected chi connectivity index (χ1v) is 10.2. The van der Waals surface area contributed by atoms with Gasteiger partial charge in [-0.25, -0.2) is 9.67 Å². The highest BCUT2D eigenvalue weighted by Crippen LogP contribution is 2.22. The van der Waals surface area contributed by atoms with Gasteiger partial charge in [-0.2, -0.15) is 5.10 Å². The highest BCUT2D eigenvalue weighted by Gasteiger charge is 2.32. The van der Waals surface area contributed by atoms with Gasteiger partial charge in [0.25, 0.3) is 5.91 Å². The zero-order valence-corrected chi connectivity index (χ0v) is 16.1. The van der Waals surface area contributed by atoms with Crippen LogP contribution in [0.3, 0.4) is 0 Å². The second kappa shape index (κ2) is 8.35. The predicted octanol–water partition coefficient (Wildman–Crippen LogP) is 2.64. The molecule has 4 heterocycles. The number of thiophene rings is 1. The fourth-order valence-corrected chi connectivity index (χ4v) is 4.04. The molecule has 0 aliphatic carbocycles. The minimum atomic E-state index is -0.417. The van der Waals surface area contributed by atoms with E-state index in [4.69, 9.17) is 0 Å². The molecule has 3 aromatic rings. The monoisotopic (exact) mass is 395 g/mol. The first kappa shape index (κ1) is 18.4. The number of likely N-dealkylation sites (tertiary alicyclic amines) is 1. The third kappa shape index (κ3) is 3.96. The smallest absolute Gasteiger partial charge is 0.264 e. The minimum absolute atomic E-state index is 0.0555. The number of carbonyl (C=O) groups excluding carboxylic acids is 2.